The number of nitrogens with zero attached hydrogens (tertiary/aromatic N) is 3. The monoisotopic (exact) mass is 248 g/mol. The van der Waals surface area contributed by atoms with Gasteiger partial charge in [0.05, 0.1) is 17.6 Å². The number of amides is 1. The predicted octanol–water partition coefficient (Wildman–Crippen LogP) is 1.79. The third-order valence-electron chi connectivity index (χ3n) is 2.36. The maximum absolute atomic E-state index is 12.2. The second kappa shape index (κ2) is 4.92. The molecule has 0 aliphatic carbocycles. The Morgan fingerprint density at radius 1 is 1.47 bits per heavy atom. The summed E-state index contributed by atoms with van der Waals surface area (Å²) in [4.78, 5) is 14.3. The van der Waals surface area contributed by atoms with E-state index >= 15 is 0 Å². The quantitative estimate of drug-likeness (QED) is 0.840. The Morgan fingerprint density at radius 3 is 2.82 bits per heavy atom. The van der Waals surface area contributed by atoms with Crippen LogP contribution < -0.4 is 10.6 Å². The summed E-state index contributed by atoms with van der Waals surface area (Å²) in [5, 5.41) is 3.67. The van der Waals surface area contributed by atoms with Gasteiger partial charge in [0.2, 0.25) is 0 Å². The van der Waals surface area contributed by atoms with Gasteiger partial charge in [0.1, 0.15) is 4.88 Å². The highest BCUT2D eigenvalue weighted by Gasteiger charge is 2.19. The average molecular weight is 248 g/mol. The van der Waals surface area contributed by atoms with Crippen molar-refractivity contribution in [2.45, 2.75) is 6.92 Å². The number of carbonyl (C=O) groups excluding carboxylic acids is 1. The van der Waals surface area contributed by atoms with Gasteiger partial charge >= 0.3 is 0 Å². The molecule has 5 nitrogen and oxygen atoms in total. The first-order chi connectivity index (χ1) is 8.24. The van der Waals surface area contributed by atoms with Gasteiger partial charge in [-0.05, 0) is 30.6 Å². The van der Waals surface area contributed by atoms with Crippen molar-refractivity contribution in [1.82, 2.24) is 9.59 Å². The van der Waals surface area contributed by atoms with Crippen molar-refractivity contribution in [3.63, 3.8) is 0 Å². The molecule has 2 aromatic rings. The van der Waals surface area contributed by atoms with Crippen LogP contribution in [0.4, 0.5) is 11.4 Å². The number of nitrogen functional groups attached to an aromatic ring is 1. The molecule has 88 valence electrons. The Hall–Kier alpha value is -1.95. The molecule has 0 fully saturated rings. The molecule has 1 amide bonds. The van der Waals surface area contributed by atoms with Crippen LogP contribution in [0.25, 0.3) is 0 Å². The fraction of sp³-hybridized carbons (Fsp3) is 0.182. The third-order valence-corrected chi connectivity index (χ3v) is 3.01. The second-order valence-corrected chi connectivity index (χ2v) is 4.18. The van der Waals surface area contributed by atoms with Crippen LogP contribution in [0.5, 0.6) is 0 Å². The summed E-state index contributed by atoms with van der Waals surface area (Å²) < 4.78 is 3.69. The molecule has 0 aliphatic heterocycles. The van der Waals surface area contributed by atoms with E-state index in [1.165, 1.54) is 6.20 Å². The lowest BCUT2D eigenvalue weighted by Gasteiger charge is -2.21. The Labute approximate surface area is 103 Å². The van der Waals surface area contributed by atoms with E-state index in [1.54, 1.807) is 11.0 Å². The van der Waals surface area contributed by atoms with Crippen molar-refractivity contribution in [2.75, 3.05) is 17.2 Å². The predicted molar refractivity (Wildman–Crippen MR) is 68.1 cm³/mol. The number of para-hydroxylation sites is 2. The van der Waals surface area contributed by atoms with E-state index in [0.29, 0.717) is 22.8 Å². The van der Waals surface area contributed by atoms with E-state index in [1.807, 2.05) is 25.1 Å². The first-order valence-electron chi connectivity index (χ1n) is 5.17. The topological polar surface area (TPSA) is 72.1 Å². The van der Waals surface area contributed by atoms with E-state index in [4.69, 9.17) is 5.73 Å². The number of hydrogen-bond acceptors (Lipinski definition) is 5. The van der Waals surface area contributed by atoms with E-state index in [9.17, 15) is 4.79 Å². The highest BCUT2D eigenvalue weighted by molar-refractivity contribution is 7.07. The van der Waals surface area contributed by atoms with Gasteiger partial charge in [-0.25, -0.2) is 0 Å². The smallest absolute Gasteiger partial charge is 0.271 e. The highest BCUT2D eigenvalue weighted by atomic mass is 32.1. The van der Waals surface area contributed by atoms with Crippen molar-refractivity contribution < 1.29 is 4.79 Å². The van der Waals surface area contributed by atoms with Crippen molar-refractivity contribution in [3.8, 4) is 0 Å². The Bertz CT molecular complexity index is 512. The van der Waals surface area contributed by atoms with E-state index in [2.05, 4.69) is 9.59 Å². The molecule has 6 heteroatoms. The Balaban J connectivity index is 2.35. The first-order valence-corrected chi connectivity index (χ1v) is 5.95. The van der Waals surface area contributed by atoms with Crippen LogP contribution in [0.3, 0.4) is 0 Å². The van der Waals surface area contributed by atoms with Crippen molar-refractivity contribution in [3.05, 3.63) is 35.3 Å². The minimum atomic E-state index is -0.125. The van der Waals surface area contributed by atoms with Crippen molar-refractivity contribution in [2.24, 2.45) is 0 Å². The number of aromatic nitrogens is 2. The molecule has 2 rings (SSSR count). The summed E-state index contributed by atoms with van der Waals surface area (Å²) in [5.41, 5.74) is 7.17. The van der Waals surface area contributed by atoms with Crippen LogP contribution in [-0.4, -0.2) is 22.0 Å². The third kappa shape index (κ3) is 2.26. The molecule has 1 aromatic carbocycles. The molecule has 1 heterocycles. The lowest BCUT2D eigenvalue weighted by atomic mass is 10.2. The Kier molecular flexibility index (Phi) is 3.34. The number of nitrogens with two attached hydrogens (primary N) is 1. The molecule has 0 aliphatic rings. The second-order valence-electron chi connectivity index (χ2n) is 3.39. The first kappa shape index (κ1) is 11.5. The maximum atomic E-state index is 12.2. The fourth-order valence-corrected chi connectivity index (χ4v) is 2.02. The number of carbonyl (C=O) groups is 1. The van der Waals surface area contributed by atoms with Gasteiger partial charge in [-0.15, -0.1) is 5.10 Å². The van der Waals surface area contributed by atoms with Gasteiger partial charge in [0.25, 0.3) is 5.91 Å². The van der Waals surface area contributed by atoms with Crippen molar-refractivity contribution in [1.29, 1.82) is 0 Å². The standard InChI is InChI=1S/C11H12N4OS/c1-2-15(9-6-4-3-5-8(9)12)11(16)10-7-13-14-17-10/h3-7H,2,12H2,1H3. The van der Waals surface area contributed by atoms with Gasteiger partial charge < -0.3 is 10.6 Å². The SMILES string of the molecule is CCN(C(=O)c1cnns1)c1ccccc1N. The number of anilines is 2. The zero-order valence-electron chi connectivity index (χ0n) is 9.33. The van der Waals surface area contributed by atoms with Crippen LogP contribution in [-0.2, 0) is 0 Å². The average Bonchev–Trinajstić information content (AvgIpc) is 2.86. The molecule has 0 radical (unpaired) electrons. The normalized spacial score (nSPS) is 10.2. The molecule has 0 atom stereocenters. The van der Waals surface area contributed by atoms with E-state index in [0.717, 1.165) is 11.5 Å². The van der Waals surface area contributed by atoms with Gasteiger partial charge in [0.15, 0.2) is 0 Å². The number of hydrogen-bond donors (Lipinski definition) is 1. The molecule has 2 N–H and O–H groups in total. The Morgan fingerprint density at radius 2 is 2.24 bits per heavy atom. The van der Waals surface area contributed by atoms with Crippen LogP contribution in [0.15, 0.2) is 30.5 Å². The zero-order valence-corrected chi connectivity index (χ0v) is 10.1. The highest BCUT2D eigenvalue weighted by Crippen LogP contribution is 2.24. The molecule has 0 saturated heterocycles. The zero-order chi connectivity index (χ0) is 12.3. The molecule has 0 bridgehead atoms. The van der Waals surface area contributed by atoms with E-state index < -0.39 is 0 Å². The van der Waals surface area contributed by atoms with Gasteiger partial charge in [-0.2, -0.15) is 0 Å². The summed E-state index contributed by atoms with van der Waals surface area (Å²) in [6.45, 7) is 2.45. The minimum absolute atomic E-state index is 0.125. The number of rotatable bonds is 3. The van der Waals surface area contributed by atoms with Crippen LogP contribution in [0.2, 0.25) is 0 Å². The summed E-state index contributed by atoms with van der Waals surface area (Å²) in [6.07, 6.45) is 1.47. The van der Waals surface area contributed by atoms with Crippen LogP contribution >= 0.6 is 11.5 Å². The molecular weight excluding hydrogens is 236 g/mol. The summed E-state index contributed by atoms with van der Waals surface area (Å²) in [7, 11) is 0. The molecule has 17 heavy (non-hydrogen) atoms. The number of benzene rings is 1. The van der Waals surface area contributed by atoms with Crippen LogP contribution in [0.1, 0.15) is 16.6 Å². The lowest BCUT2D eigenvalue weighted by Crippen LogP contribution is -2.30. The molecule has 0 saturated carbocycles. The fourth-order valence-electron chi connectivity index (χ4n) is 1.55. The summed E-state index contributed by atoms with van der Waals surface area (Å²) in [6, 6.07) is 7.29. The molecule has 1 aromatic heterocycles. The molecule has 0 unspecified atom stereocenters. The van der Waals surface area contributed by atoms with Gasteiger partial charge in [-0.1, -0.05) is 16.6 Å². The van der Waals surface area contributed by atoms with Crippen molar-refractivity contribution >= 4 is 28.8 Å². The maximum Gasteiger partial charge on any atom is 0.271 e. The summed E-state index contributed by atoms with van der Waals surface area (Å²) in [5.74, 6) is -0.125. The van der Waals surface area contributed by atoms with Gasteiger partial charge in [-0.3, -0.25) is 4.79 Å². The largest absolute Gasteiger partial charge is 0.397 e. The minimum Gasteiger partial charge on any atom is -0.397 e. The molecule has 0 spiro atoms. The lowest BCUT2D eigenvalue weighted by molar-refractivity contribution is 0.0992. The van der Waals surface area contributed by atoms with E-state index in [-0.39, 0.29) is 5.91 Å². The molecular formula is C11H12N4OS. The summed E-state index contributed by atoms with van der Waals surface area (Å²) >= 11 is 1.08. The van der Waals surface area contributed by atoms with Gasteiger partial charge in [0, 0.05) is 6.54 Å². The van der Waals surface area contributed by atoms with Crippen LogP contribution in [0, 0.1) is 0 Å².